The van der Waals surface area contributed by atoms with Crippen molar-refractivity contribution in [1.82, 2.24) is 5.32 Å². The first-order valence-corrected chi connectivity index (χ1v) is 5.83. The number of nitrogens with two attached hydrogens (primary N) is 1. The SMILES string of the molecule is CC(CN)(Cc1ccc(F)cc1)NC1CC1. The maximum atomic E-state index is 12.8. The Hall–Kier alpha value is -0.930. The minimum absolute atomic E-state index is 0.0704. The van der Waals surface area contributed by atoms with Gasteiger partial charge in [0.15, 0.2) is 0 Å². The fourth-order valence-corrected chi connectivity index (χ4v) is 1.96. The molecule has 1 aliphatic carbocycles. The highest BCUT2D eigenvalue weighted by molar-refractivity contribution is 5.19. The fourth-order valence-electron chi connectivity index (χ4n) is 1.96. The van der Waals surface area contributed by atoms with Crippen molar-refractivity contribution in [1.29, 1.82) is 0 Å². The Balaban J connectivity index is 2.01. The molecule has 0 amide bonds. The van der Waals surface area contributed by atoms with Crippen LogP contribution in [0.4, 0.5) is 4.39 Å². The Morgan fingerprint density at radius 3 is 2.50 bits per heavy atom. The van der Waals surface area contributed by atoms with Crippen molar-refractivity contribution in [3.05, 3.63) is 35.6 Å². The highest BCUT2D eigenvalue weighted by Crippen LogP contribution is 2.24. The molecular weight excluding hydrogens is 203 g/mol. The fraction of sp³-hybridized carbons (Fsp3) is 0.538. The predicted molar refractivity (Wildman–Crippen MR) is 63.7 cm³/mol. The average molecular weight is 222 g/mol. The number of nitrogens with one attached hydrogen (secondary N) is 1. The Labute approximate surface area is 96.0 Å². The summed E-state index contributed by atoms with van der Waals surface area (Å²) in [6.07, 6.45) is 3.35. The molecule has 1 fully saturated rings. The van der Waals surface area contributed by atoms with Crippen LogP contribution < -0.4 is 11.1 Å². The van der Waals surface area contributed by atoms with Crippen molar-refractivity contribution in [3.8, 4) is 0 Å². The summed E-state index contributed by atoms with van der Waals surface area (Å²) in [5.41, 5.74) is 6.88. The number of halogens is 1. The molecule has 1 atom stereocenters. The Kier molecular flexibility index (Phi) is 3.26. The summed E-state index contributed by atoms with van der Waals surface area (Å²) in [6.45, 7) is 2.73. The van der Waals surface area contributed by atoms with E-state index in [1.807, 2.05) is 12.1 Å². The molecule has 0 radical (unpaired) electrons. The molecular formula is C13H19FN2. The van der Waals surface area contributed by atoms with Gasteiger partial charge in [-0.05, 0) is 43.9 Å². The molecule has 1 aromatic rings. The van der Waals surface area contributed by atoms with E-state index >= 15 is 0 Å². The van der Waals surface area contributed by atoms with Crippen molar-refractivity contribution >= 4 is 0 Å². The van der Waals surface area contributed by atoms with Gasteiger partial charge in [0.2, 0.25) is 0 Å². The summed E-state index contributed by atoms with van der Waals surface area (Å²) in [7, 11) is 0. The zero-order chi connectivity index (χ0) is 11.6. The second-order valence-electron chi connectivity index (χ2n) is 4.99. The number of hydrogen-bond acceptors (Lipinski definition) is 2. The summed E-state index contributed by atoms with van der Waals surface area (Å²) in [6, 6.07) is 7.30. The van der Waals surface area contributed by atoms with Crippen molar-refractivity contribution in [3.63, 3.8) is 0 Å². The molecule has 0 spiro atoms. The standard InChI is InChI=1S/C13H19FN2/c1-13(9-15,16-12-6-7-12)8-10-2-4-11(14)5-3-10/h2-5,12,16H,6-9,15H2,1H3. The van der Waals surface area contributed by atoms with Gasteiger partial charge in [-0.3, -0.25) is 0 Å². The average Bonchev–Trinajstić information content (AvgIpc) is 3.05. The second kappa shape index (κ2) is 4.52. The van der Waals surface area contributed by atoms with Gasteiger partial charge >= 0.3 is 0 Å². The third kappa shape index (κ3) is 3.03. The van der Waals surface area contributed by atoms with E-state index in [0.717, 1.165) is 12.0 Å². The first-order valence-electron chi connectivity index (χ1n) is 5.83. The molecule has 0 bridgehead atoms. The first-order chi connectivity index (χ1) is 7.61. The monoisotopic (exact) mass is 222 g/mol. The Morgan fingerprint density at radius 2 is 2.00 bits per heavy atom. The van der Waals surface area contributed by atoms with Gasteiger partial charge in [0.1, 0.15) is 5.82 Å². The number of rotatable bonds is 5. The van der Waals surface area contributed by atoms with E-state index in [2.05, 4.69) is 12.2 Å². The van der Waals surface area contributed by atoms with E-state index in [-0.39, 0.29) is 11.4 Å². The minimum atomic E-state index is -0.187. The second-order valence-corrected chi connectivity index (χ2v) is 4.99. The third-order valence-electron chi connectivity index (χ3n) is 3.09. The van der Waals surface area contributed by atoms with Crippen LogP contribution in [0.5, 0.6) is 0 Å². The maximum Gasteiger partial charge on any atom is 0.123 e. The molecule has 0 heterocycles. The molecule has 2 nitrogen and oxygen atoms in total. The van der Waals surface area contributed by atoms with Crippen LogP contribution in [-0.4, -0.2) is 18.1 Å². The van der Waals surface area contributed by atoms with Crippen LogP contribution in [0.2, 0.25) is 0 Å². The van der Waals surface area contributed by atoms with E-state index in [4.69, 9.17) is 5.73 Å². The molecule has 3 heteroatoms. The maximum absolute atomic E-state index is 12.8. The molecule has 3 N–H and O–H groups in total. The van der Waals surface area contributed by atoms with E-state index < -0.39 is 0 Å². The van der Waals surface area contributed by atoms with Crippen molar-refractivity contribution in [2.75, 3.05) is 6.54 Å². The molecule has 0 aliphatic heterocycles. The third-order valence-corrected chi connectivity index (χ3v) is 3.09. The zero-order valence-corrected chi connectivity index (χ0v) is 9.67. The molecule has 1 saturated carbocycles. The van der Waals surface area contributed by atoms with Crippen molar-refractivity contribution in [2.24, 2.45) is 5.73 Å². The van der Waals surface area contributed by atoms with Crippen LogP contribution in [0.15, 0.2) is 24.3 Å². The number of benzene rings is 1. The van der Waals surface area contributed by atoms with Crippen LogP contribution in [0.3, 0.4) is 0 Å². The van der Waals surface area contributed by atoms with Gasteiger partial charge in [-0.25, -0.2) is 4.39 Å². The van der Waals surface area contributed by atoms with Gasteiger partial charge in [0.25, 0.3) is 0 Å². The lowest BCUT2D eigenvalue weighted by atomic mass is 9.92. The molecule has 1 aromatic carbocycles. The lowest BCUT2D eigenvalue weighted by Crippen LogP contribution is -2.51. The largest absolute Gasteiger partial charge is 0.329 e. The van der Waals surface area contributed by atoms with Crippen LogP contribution in [0, 0.1) is 5.82 Å². The lowest BCUT2D eigenvalue weighted by Gasteiger charge is -2.30. The predicted octanol–water partition coefficient (Wildman–Crippen LogP) is 1.84. The summed E-state index contributed by atoms with van der Waals surface area (Å²) in [5.74, 6) is -0.187. The van der Waals surface area contributed by atoms with Crippen molar-refractivity contribution < 1.29 is 4.39 Å². The van der Waals surface area contributed by atoms with Gasteiger partial charge in [-0.1, -0.05) is 12.1 Å². The van der Waals surface area contributed by atoms with Crippen LogP contribution in [0.25, 0.3) is 0 Å². The van der Waals surface area contributed by atoms with Crippen LogP contribution >= 0.6 is 0 Å². The zero-order valence-electron chi connectivity index (χ0n) is 9.67. The molecule has 16 heavy (non-hydrogen) atoms. The topological polar surface area (TPSA) is 38.0 Å². The Bertz CT molecular complexity index is 345. The van der Waals surface area contributed by atoms with E-state index in [1.165, 1.54) is 25.0 Å². The van der Waals surface area contributed by atoms with Crippen LogP contribution in [-0.2, 0) is 6.42 Å². The minimum Gasteiger partial charge on any atom is -0.329 e. The first kappa shape index (κ1) is 11.6. The molecule has 0 aromatic heterocycles. The van der Waals surface area contributed by atoms with Crippen LogP contribution in [0.1, 0.15) is 25.3 Å². The molecule has 2 rings (SSSR count). The molecule has 0 saturated heterocycles. The smallest absolute Gasteiger partial charge is 0.123 e. The lowest BCUT2D eigenvalue weighted by molar-refractivity contribution is 0.358. The highest BCUT2D eigenvalue weighted by Gasteiger charge is 2.31. The van der Waals surface area contributed by atoms with E-state index in [9.17, 15) is 4.39 Å². The van der Waals surface area contributed by atoms with Gasteiger partial charge < -0.3 is 11.1 Å². The van der Waals surface area contributed by atoms with Gasteiger partial charge in [-0.15, -0.1) is 0 Å². The molecule has 88 valence electrons. The van der Waals surface area contributed by atoms with Crippen molar-refractivity contribution in [2.45, 2.75) is 37.8 Å². The van der Waals surface area contributed by atoms with Gasteiger partial charge in [0.05, 0.1) is 0 Å². The Morgan fingerprint density at radius 1 is 1.38 bits per heavy atom. The summed E-state index contributed by atoms with van der Waals surface area (Å²) in [5, 5.41) is 3.56. The van der Waals surface area contributed by atoms with E-state index in [0.29, 0.717) is 12.6 Å². The summed E-state index contributed by atoms with van der Waals surface area (Å²) < 4.78 is 12.8. The summed E-state index contributed by atoms with van der Waals surface area (Å²) in [4.78, 5) is 0. The normalized spacial score (nSPS) is 19.4. The van der Waals surface area contributed by atoms with Gasteiger partial charge in [0, 0.05) is 18.1 Å². The number of hydrogen-bond donors (Lipinski definition) is 2. The van der Waals surface area contributed by atoms with Gasteiger partial charge in [-0.2, -0.15) is 0 Å². The highest BCUT2D eigenvalue weighted by atomic mass is 19.1. The molecule has 1 unspecified atom stereocenters. The summed E-state index contributed by atoms with van der Waals surface area (Å²) >= 11 is 0. The quantitative estimate of drug-likeness (QED) is 0.797. The molecule has 1 aliphatic rings. The van der Waals surface area contributed by atoms with E-state index in [1.54, 1.807) is 0 Å².